The summed E-state index contributed by atoms with van der Waals surface area (Å²) in [6, 6.07) is 0. The van der Waals surface area contributed by atoms with Crippen molar-refractivity contribution in [1.82, 2.24) is 0 Å². The summed E-state index contributed by atoms with van der Waals surface area (Å²) >= 11 is 0. The second-order valence-corrected chi connectivity index (χ2v) is 3.20. The Bertz CT molecular complexity index is 143. The fourth-order valence-electron chi connectivity index (χ4n) is 1.48. The molecule has 0 amide bonds. The van der Waals surface area contributed by atoms with Crippen molar-refractivity contribution in [1.29, 1.82) is 0 Å². The summed E-state index contributed by atoms with van der Waals surface area (Å²) in [6.45, 7) is -0.475. The van der Waals surface area contributed by atoms with Gasteiger partial charge in [0.15, 0.2) is 0 Å². The minimum absolute atomic E-state index is 0.00116. The number of hydrogen-bond donors (Lipinski definition) is 1. The summed E-state index contributed by atoms with van der Waals surface area (Å²) in [7, 11) is 0. The van der Waals surface area contributed by atoms with E-state index in [9.17, 15) is 9.18 Å². The lowest BCUT2D eigenvalue weighted by Crippen LogP contribution is -2.25. The lowest BCUT2D eigenvalue weighted by atomic mass is 9.75. The monoisotopic (exact) mass is 160 g/mol. The second-order valence-electron chi connectivity index (χ2n) is 3.20. The van der Waals surface area contributed by atoms with E-state index < -0.39 is 12.6 Å². The first-order chi connectivity index (χ1) is 5.24. The summed E-state index contributed by atoms with van der Waals surface area (Å²) in [5.74, 6) is -0.753. The number of carboxylic acid groups (broad SMARTS) is 1. The van der Waals surface area contributed by atoms with Crippen molar-refractivity contribution in [3.63, 3.8) is 0 Å². The van der Waals surface area contributed by atoms with Crippen LogP contribution in [0.1, 0.15) is 25.7 Å². The molecule has 3 heteroatoms. The predicted octanol–water partition coefficient (Wildman–Crippen LogP) is 1.85. The van der Waals surface area contributed by atoms with Gasteiger partial charge in [-0.2, -0.15) is 0 Å². The number of carboxylic acids is 1. The van der Waals surface area contributed by atoms with Crippen LogP contribution in [0, 0.1) is 11.8 Å². The maximum Gasteiger partial charge on any atom is 0.303 e. The van der Waals surface area contributed by atoms with Gasteiger partial charge in [-0.1, -0.05) is 19.3 Å². The Morgan fingerprint density at radius 1 is 1.64 bits per heavy atom. The minimum atomic E-state index is -0.875. The van der Waals surface area contributed by atoms with Gasteiger partial charge in [0.2, 0.25) is 0 Å². The summed E-state index contributed by atoms with van der Waals surface area (Å²) < 4.78 is 12.2. The summed E-state index contributed by atoms with van der Waals surface area (Å²) in [5.41, 5.74) is 0. The quantitative estimate of drug-likeness (QED) is 0.681. The lowest BCUT2D eigenvalue weighted by molar-refractivity contribution is -0.139. The normalized spacial score (nSPS) is 20.8. The van der Waals surface area contributed by atoms with Crippen LogP contribution in [-0.4, -0.2) is 17.8 Å². The molecule has 0 aromatic heterocycles. The fourth-order valence-corrected chi connectivity index (χ4v) is 1.48. The molecule has 1 aliphatic rings. The van der Waals surface area contributed by atoms with Gasteiger partial charge in [0, 0.05) is 5.92 Å². The molecule has 64 valence electrons. The van der Waals surface area contributed by atoms with Gasteiger partial charge in [0.1, 0.15) is 0 Å². The van der Waals surface area contributed by atoms with Crippen LogP contribution in [0.25, 0.3) is 0 Å². The Kier molecular flexibility index (Phi) is 2.85. The number of alkyl halides is 1. The maximum absolute atomic E-state index is 12.2. The van der Waals surface area contributed by atoms with Crippen molar-refractivity contribution >= 4 is 5.97 Å². The van der Waals surface area contributed by atoms with Crippen LogP contribution in [0.15, 0.2) is 0 Å². The zero-order valence-corrected chi connectivity index (χ0v) is 6.42. The van der Waals surface area contributed by atoms with Crippen LogP contribution in [-0.2, 0) is 4.79 Å². The average Bonchev–Trinajstić information content (AvgIpc) is 1.81. The van der Waals surface area contributed by atoms with E-state index >= 15 is 0 Å². The molecule has 0 aliphatic heterocycles. The van der Waals surface area contributed by atoms with Crippen LogP contribution in [0.4, 0.5) is 4.39 Å². The molecule has 0 aromatic carbocycles. The van der Waals surface area contributed by atoms with Gasteiger partial charge >= 0.3 is 5.97 Å². The van der Waals surface area contributed by atoms with E-state index in [-0.39, 0.29) is 12.3 Å². The van der Waals surface area contributed by atoms with E-state index in [1.165, 1.54) is 0 Å². The van der Waals surface area contributed by atoms with Crippen LogP contribution in [0.5, 0.6) is 0 Å². The van der Waals surface area contributed by atoms with Gasteiger partial charge in [0.25, 0.3) is 0 Å². The van der Waals surface area contributed by atoms with Crippen molar-refractivity contribution in [2.45, 2.75) is 25.7 Å². The third kappa shape index (κ3) is 2.17. The first-order valence-corrected chi connectivity index (χ1v) is 4.01. The van der Waals surface area contributed by atoms with E-state index in [4.69, 9.17) is 5.11 Å². The Morgan fingerprint density at radius 2 is 2.27 bits per heavy atom. The second kappa shape index (κ2) is 3.69. The molecule has 0 radical (unpaired) electrons. The van der Waals surface area contributed by atoms with Crippen molar-refractivity contribution < 1.29 is 14.3 Å². The molecule has 1 unspecified atom stereocenters. The molecular weight excluding hydrogens is 147 g/mol. The van der Waals surface area contributed by atoms with Crippen LogP contribution in [0.2, 0.25) is 0 Å². The molecule has 0 heterocycles. The number of rotatable bonds is 4. The van der Waals surface area contributed by atoms with Gasteiger partial charge in [0.05, 0.1) is 13.1 Å². The molecule has 0 bridgehead atoms. The molecule has 1 atom stereocenters. The van der Waals surface area contributed by atoms with Crippen LogP contribution >= 0.6 is 0 Å². The molecule has 1 fully saturated rings. The van der Waals surface area contributed by atoms with Gasteiger partial charge in [-0.05, 0) is 5.92 Å². The molecule has 0 saturated heterocycles. The van der Waals surface area contributed by atoms with Crippen molar-refractivity contribution in [3.05, 3.63) is 0 Å². The zero-order chi connectivity index (χ0) is 8.27. The molecule has 11 heavy (non-hydrogen) atoms. The Balaban J connectivity index is 2.29. The minimum Gasteiger partial charge on any atom is -0.481 e. The van der Waals surface area contributed by atoms with Gasteiger partial charge < -0.3 is 5.11 Å². The van der Waals surface area contributed by atoms with E-state index in [1.807, 2.05) is 0 Å². The SMILES string of the molecule is O=C(O)CC(CF)C1CCC1. The first kappa shape index (κ1) is 8.50. The molecule has 0 spiro atoms. The van der Waals surface area contributed by atoms with Crippen LogP contribution < -0.4 is 0 Å². The first-order valence-electron chi connectivity index (χ1n) is 4.01. The molecule has 0 aromatic rings. The van der Waals surface area contributed by atoms with Crippen molar-refractivity contribution in [2.75, 3.05) is 6.67 Å². The Hall–Kier alpha value is -0.600. The molecule has 1 rings (SSSR count). The molecule has 1 saturated carbocycles. The molecule has 2 nitrogen and oxygen atoms in total. The van der Waals surface area contributed by atoms with Gasteiger partial charge in [-0.25, -0.2) is 0 Å². The maximum atomic E-state index is 12.2. The van der Waals surface area contributed by atoms with E-state index in [0.29, 0.717) is 5.92 Å². The number of carbonyl (C=O) groups is 1. The molecule has 1 aliphatic carbocycles. The van der Waals surface area contributed by atoms with Crippen molar-refractivity contribution in [2.24, 2.45) is 11.8 Å². The third-order valence-corrected chi connectivity index (χ3v) is 2.45. The molecule has 1 N–H and O–H groups in total. The van der Waals surface area contributed by atoms with E-state index in [1.54, 1.807) is 0 Å². The Labute approximate surface area is 65.4 Å². The summed E-state index contributed by atoms with van der Waals surface area (Å²) in [6.07, 6.45) is 3.17. The lowest BCUT2D eigenvalue weighted by Gasteiger charge is -2.31. The number of halogens is 1. The zero-order valence-electron chi connectivity index (χ0n) is 6.42. The van der Waals surface area contributed by atoms with E-state index in [0.717, 1.165) is 19.3 Å². The highest BCUT2D eigenvalue weighted by Gasteiger charge is 2.28. The Morgan fingerprint density at radius 3 is 2.55 bits per heavy atom. The predicted molar refractivity (Wildman–Crippen MR) is 39.1 cm³/mol. The van der Waals surface area contributed by atoms with Gasteiger partial charge in [-0.15, -0.1) is 0 Å². The number of hydrogen-bond acceptors (Lipinski definition) is 1. The average molecular weight is 160 g/mol. The largest absolute Gasteiger partial charge is 0.481 e. The van der Waals surface area contributed by atoms with E-state index in [2.05, 4.69) is 0 Å². The van der Waals surface area contributed by atoms with Gasteiger partial charge in [-0.3, -0.25) is 9.18 Å². The van der Waals surface area contributed by atoms with Crippen LogP contribution in [0.3, 0.4) is 0 Å². The smallest absolute Gasteiger partial charge is 0.303 e. The highest BCUT2D eigenvalue weighted by atomic mass is 19.1. The fraction of sp³-hybridized carbons (Fsp3) is 0.875. The third-order valence-electron chi connectivity index (χ3n) is 2.45. The van der Waals surface area contributed by atoms with Crippen molar-refractivity contribution in [3.8, 4) is 0 Å². The highest BCUT2D eigenvalue weighted by molar-refractivity contribution is 5.67. The highest BCUT2D eigenvalue weighted by Crippen LogP contribution is 2.35. The summed E-state index contributed by atoms with van der Waals surface area (Å²) in [4.78, 5) is 10.2. The standard InChI is InChI=1S/C8H13FO2/c9-5-7(4-8(10)11)6-2-1-3-6/h6-7H,1-5H2,(H,10,11). The summed E-state index contributed by atoms with van der Waals surface area (Å²) in [5, 5.41) is 8.42. The molecular formula is C8H13FO2. The topological polar surface area (TPSA) is 37.3 Å². The number of aliphatic carboxylic acids is 1.